The summed E-state index contributed by atoms with van der Waals surface area (Å²) in [5.74, 6) is 0.621. The van der Waals surface area contributed by atoms with Crippen molar-refractivity contribution in [2.75, 3.05) is 37.8 Å². The normalized spacial score (nSPS) is 19.1. The van der Waals surface area contributed by atoms with Gasteiger partial charge < -0.3 is 19.4 Å². The second kappa shape index (κ2) is 10.8. The number of imidazole rings is 1. The molecule has 1 atom stereocenters. The fraction of sp³-hybridized carbons (Fsp3) is 0.385. The van der Waals surface area contributed by atoms with E-state index in [1.807, 2.05) is 12.1 Å². The predicted octanol–water partition coefficient (Wildman–Crippen LogP) is 3.58. The number of benzene rings is 2. The lowest BCUT2D eigenvalue weighted by Crippen LogP contribution is -2.36. The van der Waals surface area contributed by atoms with Gasteiger partial charge in [-0.1, -0.05) is 24.3 Å². The topological polar surface area (TPSA) is 88.7 Å². The highest BCUT2D eigenvalue weighted by Crippen LogP contribution is 2.22. The molecule has 8 heteroatoms. The van der Waals surface area contributed by atoms with Crippen LogP contribution >= 0.6 is 0 Å². The highest BCUT2D eigenvalue weighted by atomic mass is 16.8. The number of nitrogens with zero attached hydrogens (tertiary/aromatic N) is 2. The molecule has 0 spiro atoms. The minimum absolute atomic E-state index is 0.308. The molecule has 2 saturated heterocycles. The zero-order valence-electron chi connectivity index (χ0n) is 19.2. The number of aromatic nitrogens is 2. The van der Waals surface area contributed by atoms with Crippen LogP contribution in [0.5, 0.6) is 0 Å². The maximum Gasteiger partial charge on any atom is 0.267 e. The fourth-order valence-electron chi connectivity index (χ4n) is 4.23. The Labute approximate surface area is 198 Å². The van der Waals surface area contributed by atoms with E-state index in [4.69, 9.17) is 19.3 Å². The molecular formula is C26H30N4O4. The van der Waals surface area contributed by atoms with Crippen molar-refractivity contribution in [3.63, 3.8) is 0 Å². The molecule has 0 aliphatic carbocycles. The number of anilines is 1. The Morgan fingerprint density at radius 3 is 2.79 bits per heavy atom. The molecule has 0 radical (unpaired) electrons. The Hall–Kier alpha value is -3.20. The highest BCUT2D eigenvalue weighted by molar-refractivity contribution is 5.90. The summed E-state index contributed by atoms with van der Waals surface area (Å²) >= 11 is 0. The number of carbonyl (C=O) groups is 1. The molecule has 1 aromatic heterocycles. The molecule has 2 aromatic carbocycles. The number of ether oxygens (including phenoxy) is 2. The van der Waals surface area contributed by atoms with Crippen molar-refractivity contribution in [1.29, 1.82) is 0 Å². The van der Waals surface area contributed by atoms with Crippen LogP contribution in [0.15, 0.2) is 48.5 Å². The number of hydroxylamine groups is 1. The van der Waals surface area contributed by atoms with Crippen LogP contribution in [0.4, 0.5) is 5.69 Å². The summed E-state index contributed by atoms with van der Waals surface area (Å²) in [6.07, 6.45) is 6.46. The van der Waals surface area contributed by atoms with Gasteiger partial charge in [0.05, 0.1) is 24.2 Å². The molecule has 5 rings (SSSR count). The Balaban J connectivity index is 1.16. The van der Waals surface area contributed by atoms with Gasteiger partial charge in [0.1, 0.15) is 5.82 Å². The SMILES string of the molecule is O=C(C=Cc1ccc(Cc2nc3ccc(N4CCOCC4)cc3[nH]2)cc1)NOC1CCCCO1. The first-order valence-electron chi connectivity index (χ1n) is 11.9. The average molecular weight is 463 g/mol. The summed E-state index contributed by atoms with van der Waals surface area (Å²) in [4.78, 5) is 27.8. The molecule has 8 nitrogen and oxygen atoms in total. The van der Waals surface area contributed by atoms with Crippen molar-refractivity contribution in [2.24, 2.45) is 0 Å². The van der Waals surface area contributed by atoms with Crippen molar-refractivity contribution < 1.29 is 19.1 Å². The van der Waals surface area contributed by atoms with Gasteiger partial charge in [-0.05, 0) is 48.2 Å². The number of morpholine rings is 1. The average Bonchev–Trinajstić information content (AvgIpc) is 3.29. The van der Waals surface area contributed by atoms with Gasteiger partial charge >= 0.3 is 0 Å². The third kappa shape index (κ3) is 5.83. The first-order chi connectivity index (χ1) is 16.7. The third-order valence-electron chi connectivity index (χ3n) is 6.10. The lowest BCUT2D eigenvalue weighted by Gasteiger charge is -2.28. The smallest absolute Gasteiger partial charge is 0.267 e. The number of aromatic amines is 1. The van der Waals surface area contributed by atoms with Crippen LogP contribution in [0.3, 0.4) is 0 Å². The van der Waals surface area contributed by atoms with Gasteiger partial charge in [0.2, 0.25) is 0 Å². The molecule has 0 bridgehead atoms. The highest BCUT2D eigenvalue weighted by Gasteiger charge is 2.15. The first-order valence-corrected chi connectivity index (χ1v) is 11.9. The van der Waals surface area contributed by atoms with Crippen LogP contribution in [-0.2, 0) is 25.5 Å². The second-order valence-electron chi connectivity index (χ2n) is 8.62. The van der Waals surface area contributed by atoms with Gasteiger partial charge in [-0.25, -0.2) is 15.3 Å². The van der Waals surface area contributed by atoms with E-state index in [2.05, 4.69) is 45.7 Å². The number of nitrogens with one attached hydrogen (secondary N) is 2. The summed E-state index contributed by atoms with van der Waals surface area (Å²) in [7, 11) is 0. The zero-order chi connectivity index (χ0) is 23.2. The first kappa shape index (κ1) is 22.6. The number of hydrogen-bond acceptors (Lipinski definition) is 6. The quantitative estimate of drug-likeness (QED) is 0.412. The van der Waals surface area contributed by atoms with Crippen LogP contribution in [0.2, 0.25) is 0 Å². The van der Waals surface area contributed by atoms with E-state index in [1.54, 1.807) is 6.08 Å². The molecule has 2 aliphatic heterocycles. The molecule has 3 heterocycles. The molecule has 34 heavy (non-hydrogen) atoms. The summed E-state index contributed by atoms with van der Waals surface area (Å²) in [6, 6.07) is 14.4. The number of fused-ring (bicyclic) bond motifs is 1. The summed E-state index contributed by atoms with van der Waals surface area (Å²) < 4.78 is 10.9. The van der Waals surface area contributed by atoms with Crippen LogP contribution in [0, 0.1) is 0 Å². The maximum absolute atomic E-state index is 12.0. The number of hydrogen-bond donors (Lipinski definition) is 2. The summed E-state index contributed by atoms with van der Waals surface area (Å²) in [5, 5.41) is 0. The van der Waals surface area contributed by atoms with Crippen molar-refractivity contribution in [1.82, 2.24) is 15.4 Å². The van der Waals surface area contributed by atoms with E-state index < -0.39 is 0 Å². The van der Waals surface area contributed by atoms with Gasteiger partial charge in [0.25, 0.3) is 5.91 Å². The van der Waals surface area contributed by atoms with Crippen molar-refractivity contribution in [2.45, 2.75) is 32.0 Å². The van der Waals surface area contributed by atoms with E-state index >= 15 is 0 Å². The van der Waals surface area contributed by atoms with Crippen molar-refractivity contribution in [3.05, 3.63) is 65.5 Å². The largest absolute Gasteiger partial charge is 0.378 e. The lowest BCUT2D eigenvalue weighted by molar-refractivity contribution is -0.198. The molecule has 3 aromatic rings. The van der Waals surface area contributed by atoms with E-state index in [0.717, 1.165) is 73.6 Å². The summed E-state index contributed by atoms with van der Waals surface area (Å²) in [6.45, 7) is 4.04. The molecule has 0 saturated carbocycles. The third-order valence-corrected chi connectivity index (χ3v) is 6.10. The van der Waals surface area contributed by atoms with E-state index in [9.17, 15) is 4.79 Å². The molecule has 1 unspecified atom stereocenters. The lowest BCUT2D eigenvalue weighted by atomic mass is 10.1. The number of H-pyrrole nitrogens is 1. The Morgan fingerprint density at radius 1 is 1.15 bits per heavy atom. The standard InChI is InChI=1S/C26H30N4O4/c31-25(29-34-26-3-1-2-14-33-26)11-8-19-4-6-20(7-5-19)17-24-27-22-10-9-21(18-23(22)28-24)30-12-15-32-16-13-30/h4-11,18,26H,1-3,12-17H2,(H,27,28)(H,29,31). The number of amides is 1. The molecule has 2 fully saturated rings. The van der Waals surface area contributed by atoms with Gasteiger partial charge in [0.15, 0.2) is 6.29 Å². The minimum Gasteiger partial charge on any atom is -0.378 e. The zero-order valence-corrected chi connectivity index (χ0v) is 19.2. The van der Waals surface area contributed by atoms with E-state index in [1.165, 1.54) is 11.8 Å². The Bertz CT molecular complexity index is 1130. The van der Waals surface area contributed by atoms with Crippen LogP contribution in [-0.4, -0.2) is 55.1 Å². The minimum atomic E-state index is -0.352. The molecule has 2 aliphatic rings. The molecular weight excluding hydrogens is 432 g/mol. The van der Waals surface area contributed by atoms with E-state index in [-0.39, 0.29) is 12.2 Å². The van der Waals surface area contributed by atoms with Crippen LogP contribution in [0.25, 0.3) is 17.1 Å². The number of rotatable bonds is 7. The number of carbonyl (C=O) groups excluding carboxylic acids is 1. The predicted molar refractivity (Wildman–Crippen MR) is 130 cm³/mol. The second-order valence-corrected chi connectivity index (χ2v) is 8.62. The summed E-state index contributed by atoms with van der Waals surface area (Å²) in [5.41, 5.74) is 7.73. The van der Waals surface area contributed by atoms with Gasteiger partial charge in [-0.3, -0.25) is 4.79 Å². The molecule has 2 N–H and O–H groups in total. The molecule has 1 amide bonds. The monoisotopic (exact) mass is 462 g/mol. The van der Waals surface area contributed by atoms with Crippen LogP contribution < -0.4 is 10.4 Å². The Morgan fingerprint density at radius 2 is 2.00 bits per heavy atom. The Kier molecular flexibility index (Phi) is 7.19. The fourth-order valence-corrected chi connectivity index (χ4v) is 4.23. The maximum atomic E-state index is 12.0. The van der Waals surface area contributed by atoms with Gasteiger partial charge in [-0.15, -0.1) is 0 Å². The van der Waals surface area contributed by atoms with Gasteiger partial charge in [-0.2, -0.15) is 0 Å². The van der Waals surface area contributed by atoms with Crippen molar-refractivity contribution in [3.8, 4) is 0 Å². The van der Waals surface area contributed by atoms with Crippen LogP contribution in [0.1, 0.15) is 36.2 Å². The van der Waals surface area contributed by atoms with E-state index in [0.29, 0.717) is 13.0 Å². The molecule has 178 valence electrons. The van der Waals surface area contributed by atoms with Gasteiger partial charge in [0, 0.05) is 44.3 Å². The van der Waals surface area contributed by atoms with Crippen molar-refractivity contribution >= 4 is 28.7 Å².